The molecule has 0 aromatic rings. The Kier molecular flexibility index (Phi) is 3.08. The van der Waals surface area contributed by atoms with Crippen LogP contribution in [0, 0.1) is 10.1 Å². The molecule has 3 heteroatoms. The summed E-state index contributed by atoms with van der Waals surface area (Å²) in [6.45, 7) is 0.0556. The van der Waals surface area contributed by atoms with Crippen LogP contribution in [0.4, 0.5) is 0 Å². The second-order valence-electron chi connectivity index (χ2n) is 2.95. The van der Waals surface area contributed by atoms with Gasteiger partial charge in [-0.1, -0.05) is 12.5 Å². The third kappa shape index (κ3) is 3.16. The number of nitrogens with zero attached hydrogens (tertiary/aromatic N) is 1. The molecule has 1 rings (SSSR count). The van der Waals surface area contributed by atoms with Gasteiger partial charge in [-0.25, -0.2) is 0 Å². The lowest BCUT2D eigenvalue weighted by Crippen LogP contribution is -2.03. The normalized spacial score (nSPS) is 18.7. The molecule has 3 nitrogen and oxygen atoms in total. The molecule has 0 bridgehead atoms. The van der Waals surface area contributed by atoms with E-state index in [9.17, 15) is 10.1 Å². The van der Waals surface area contributed by atoms with Gasteiger partial charge in [-0.15, -0.1) is 0 Å². The molecule has 0 aromatic heterocycles. The van der Waals surface area contributed by atoms with E-state index in [0.717, 1.165) is 24.8 Å². The second kappa shape index (κ2) is 4.11. The minimum Gasteiger partial charge on any atom is -0.264 e. The van der Waals surface area contributed by atoms with Gasteiger partial charge in [-0.2, -0.15) is 0 Å². The van der Waals surface area contributed by atoms with Crippen molar-refractivity contribution >= 4 is 0 Å². The molecule has 0 spiro atoms. The summed E-state index contributed by atoms with van der Waals surface area (Å²) in [5.41, 5.74) is 1.02. The highest BCUT2D eigenvalue weighted by atomic mass is 16.6. The Morgan fingerprint density at radius 1 is 1.45 bits per heavy atom. The van der Waals surface area contributed by atoms with Crippen molar-refractivity contribution in [3.05, 3.63) is 21.8 Å². The quantitative estimate of drug-likeness (QED) is 0.348. The topological polar surface area (TPSA) is 43.1 Å². The predicted molar refractivity (Wildman–Crippen MR) is 43.0 cm³/mol. The fraction of sp³-hybridized carbons (Fsp3) is 0.750. The van der Waals surface area contributed by atoms with Crippen LogP contribution in [-0.4, -0.2) is 11.5 Å². The van der Waals surface area contributed by atoms with E-state index >= 15 is 0 Å². The SMILES string of the molecule is O=[N+]([O-])CC1=CCCCCC1. The standard InChI is InChI=1S/C8H13NO2/c10-9(11)7-8-5-3-1-2-4-6-8/h5H,1-4,6-7H2. The Balaban J connectivity index is 2.40. The lowest BCUT2D eigenvalue weighted by molar-refractivity contribution is -0.471. The van der Waals surface area contributed by atoms with Crippen molar-refractivity contribution in [1.82, 2.24) is 0 Å². The molecule has 0 saturated heterocycles. The van der Waals surface area contributed by atoms with Crippen molar-refractivity contribution in [3.8, 4) is 0 Å². The van der Waals surface area contributed by atoms with Gasteiger partial charge in [0.05, 0.1) is 0 Å². The Morgan fingerprint density at radius 2 is 2.27 bits per heavy atom. The Morgan fingerprint density at radius 3 is 3.00 bits per heavy atom. The van der Waals surface area contributed by atoms with E-state index in [1.165, 1.54) is 12.8 Å². The molecule has 0 saturated carbocycles. The van der Waals surface area contributed by atoms with Gasteiger partial charge >= 0.3 is 0 Å². The highest BCUT2D eigenvalue weighted by molar-refractivity contribution is 5.03. The third-order valence-electron chi connectivity index (χ3n) is 1.97. The van der Waals surface area contributed by atoms with Gasteiger partial charge in [0, 0.05) is 4.92 Å². The molecule has 0 atom stereocenters. The molecule has 0 heterocycles. The first-order valence-corrected chi connectivity index (χ1v) is 4.09. The molecule has 0 radical (unpaired) electrons. The summed E-state index contributed by atoms with van der Waals surface area (Å²) < 4.78 is 0. The number of allylic oxidation sites excluding steroid dienone is 1. The summed E-state index contributed by atoms with van der Waals surface area (Å²) in [5.74, 6) is 0. The molecule has 1 aliphatic rings. The fourth-order valence-electron chi connectivity index (χ4n) is 1.39. The number of hydrogen-bond acceptors (Lipinski definition) is 2. The zero-order chi connectivity index (χ0) is 8.10. The zero-order valence-corrected chi connectivity index (χ0v) is 6.58. The summed E-state index contributed by atoms with van der Waals surface area (Å²) in [5, 5.41) is 10.1. The van der Waals surface area contributed by atoms with Crippen molar-refractivity contribution in [2.45, 2.75) is 32.1 Å². The lowest BCUT2D eigenvalue weighted by Gasteiger charge is -1.97. The van der Waals surface area contributed by atoms with Gasteiger partial charge in [0.25, 0.3) is 0 Å². The monoisotopic (exact) mass is 155 g/mol. The molecule has 0 aromatic carbocycles. The Bertz CT molecular complexity index is 175. The van der Waals surface area contributed by atoms with Gasteiger partial charge in [0.2, 0.25) is 6.54 Å². The first-order valence-electron chi connectivity index (χ1n) is 4.09. The predicted octanol–water partition coefficient (Wildman–Crippen LogP) is 2.15. The third-order valence-corrected chi connectivity index (χ3v) is 1.97. The number of rotatable bonds is 2. The molecule has 0 aliphatic heterocycles. The van der Waals surface area contributed by atoms with E-state index in [2.05, 4.69) is 0 Å². The lowest BCUT2D eigenvalue weighted by atomic mass is 10.1. The van der Waals surface area contributed by atoms with Crippen LogP contribution in [0.1, 0.15) is 32.1 Å². The van der Waals surface area contributed by atoms with Crippen molar-refractivity contribution < 1.29 is 4.92 Å². The molecular weight excluding hydrogens is 142 g/mol. The molecular formula is C8H13NO2. The summed E-state index contributed by atoms with van der Waals surface area (Å²) in [6.07, 6.45) is 7.54. The Hall–Kier alpha value is -0.860. The summed E-state index contributed by atoms with van der Waals surface area (Å²) >= 11 is 0. The van der Waals surface area contributed by atoms with Crippen LogP contribution in [0.3, 0.4) is 0 Å². The van der Waals surface area contributed by atoms with Crippen molar-refractivity contribution in [1.29, 1.82) is 0 Å². The van der Waals surface area contributed by atoms with Crippen molar-refractivity contribution in [3.63, 3.8) is 0 Å². The van der Waals surface area contributed by atoms with Crippen LogP contribution < -0.4 is 0 Å². The van der Waals surface area contributed by atoms with Gasteiger partial charge in [0.15, 0.2) is 0 Å². The fourth-order valence-corrected chi connectivity index (χ4v) is 1.39. The van der Waals surface area contributed by atoms with Crippen LogP contribution in [0.2, 0.25) is 0 Å². The highest BCUT2D eigenvalue weighted by Crippen LogP contribution is 2.16. The maximum atomic E-state index is 10.1. The van der Waals surface area contributed by atoms with E-state index in [1.54, 1.807) is 0 Å². The van der Waals surface area contributed by atoms with Crippen LogP contribution in [-0.2, 0) is 0 Å². The molecule has 62 valence electrons. The van der Waals surface area contributed by atoms with Crippen molar-refractivity contribution in [2.24, 2.45) is 0 Å². The van der Waals surface area contributed by atoms with Gasteiger partial charge < -0.3 is 0 Å². The van der Waals surface area contributed by atoms with Crippen LogP contribution >= 0.6 is 0 Å². The minimum absolute atomic E-state index is 0.0556. The maximum Gasteiger partial charge on any atom is 0.224 e. The minimum atomic E-state index is -0.239. The molecule has 0 fully saturated rings. The molecule has 11 heavy (non-hydrogen) atoms. The smallest absolute Gasteiger partial charge is 0.224 e. The van der Waals surface area contributed by atoms with Crippen LogP contribution in [0.5, 0.6) is 0 Å². The van der Waals surface area contributed by atoms with Gasteiger partial charge in [-0.3, -0.25) is 10.1 Å². The first kappa shape index (κ1) is 8.24. The largest absolute Gasteiger partial charge is 0.264 e. The molecule has 0 N–H and O–H groups in total. The van der Waals surface area contributed by atoms with E-state index < -0.39 is 0 Å². The van der Waals surface area contributed by atoms with Crippen molar-refractivity contribution in [2.75, 3.05) is 6.54 Å². The summed E-state index contributed by atoms with van der Waals surface area (Å²) in [6, 6.07) is 0. The molecule has 1 aliphatic carbocycles. The van der Waals surface area contributed by atoms with E-state index in [4.69, 9.17) is 0 Å². The average Bonchev–Trinajstić information content (AvgIpc) is 2.14. The molecule has 0 unspecified atom stereocenters. The Labute approximate surface area is 66.3 Å². The summed E-state index contributed by atoms with van der Waals surface area (Å²) in [4.78, 5) is 9.91. The maximum absolute atomic E-state index is 10.1. The van der Waals surface area contributed by atoms with Crippen LogP contribution in [0.15, 0.2) is 11.6 Å². The first-order chi connectivity index (χ1) is 5.29. The van der Waals surface area contributed by atoms with E-state index in [-0.39, 0.29) is 11.5 Å². The van der Waals surface area contributed by atoms with Crippen LogP contribution in [0.25, 0.3) is 0 Å². The van der Waals surface area contributed by atoms with E-state index in [1.807, 2.05) is 6.08 Å². The number of hydrogen-bond donors (Lipinski definition) is 0. The molecule has 0 amide bonds. The average molecular weight is 155 g/mol. The summed E-state index contributed by atoms with van der Waals surface area (Å²) in [7, 11) is 0. The second-order valence-corrected chi connectivity index (χ2v) is 2.95. The van der Waals surface area contributed by atoms with Gasteiger partial charge in [-0.05, 0) is 31.3 Å². The zero-order valence-electron chi connectivity index (χ0n) is 6.58. The van der Waals surface area contributed by atoms with Gasteiger partial charge in [0.1, 0.15) is 0 Å². The van der Waals surface area contributed by atoms with E-state index in [0.29, 0.717) is 0 Å². The highest BCUT2D eigenvalue weighted by Gasteiger charge is 2.07. The number of nitro groups is 1.